The van der Waals surface area contributed by atoms with Crippen LogP contribution in [0.15, 0.2) is 66.1 Å². The summed E-state index contributed by atoms with van der Waals surface area (Å²) < 4.78 is 5.58. The van der Waals surface area contributed by atoms with E-state index in [2.05, 4.69) is 12.1 Å². The molecule has 3 heteroatoms. The molecule has 0 N–H and O–H groups in total. The summed E-state index contributed by atoms with van der Waals surface area (Å²) in [6, 6.07) is 17.8. The third-order valence-electron chi connectivity index (χ3n) is 3.39. The van der Waals surface area contributed by atoms with Gasteiger partial charge in [-0.15, -0.1) is 11.8 Å². The number of rotatable bonds is 5. The quantitative estimate of drug-likeness (QED) is 0.774. The summed E-state index contributed by atoms with van der Waals surface area (Å²) >= 11 is 1.71. The molecule has 0 saturated carbocycles. The molecule has 1 aliphatic heterocycles. The van der Waals surface area contributed by atoms with Gasteiger partial charge in [-0.1, -0.05) is 54.6 Å². The van der Waals surface area contributed by atoms with Gasteiger partial charge in [-0.2, -0.15) is 0 Å². The lowest BCUT2D eigenvalue weighted by Gasteiger charge is -2.09. The van der Waals surface area contributed by atoms with Gasteiger partial charge in [0.05, 0.1) is 6.10 Å². The predicted octanol–water partition coefficient (Wildman–Crippen LogP) is 4.18. The van der Waals surface area contributed by atoms with Gasteiger partial charge in [0, 0.05) is 11.3 Å². The standard InChI is InChI=1S/C18H16O2S/c19-18(12-20-17-10-11-21-13-17)16-8-6-15(7-9-16)14-4-2-1-3-5-14/h1-11,17H,12-13H2. The van der Waals surface area contributed by atoms with Crippen molar-refractivity contribution in [3.8, 4) is 11.1 Å². The molecule has 106 valence electrons. The van der Waals surface area contributed by atoms with Gasteiger partial charge in [-0.05, 0) is 22.6 Å². The Morgan fingerprint density at radius 2 is 1.76 bits per heavy atom. The lowest BCUT2D eigenvalue weighted by molar-refractivity contribution is 0.0673. The zero-order valence-electron chi connectivity index (χ0n) is 11.6. The number of Topliss-reactive ketones (excluding diaryl/α,β-unsaturated/α-hetero) is 1. The first-order valence-electron chi connectivity index (χ1n) is 6.91. The molecule has 2 aromatic rings. The second-order valence-electron chi connectivity index (χ2n) is 4.88. The Morgan fingerprint density at radius 1 is 1.05 bits per heavy atom. The van der Waals surface area contributed by atoms with E-state index in [1.165, 1.54) is 0 Å². The molecule has 2 aromatic carbocycles. The molecule has 1 aliphatic rings. The normalized spacial score (nSPS) is 17.0. The van der Waals surface area contributed by atoms with E-state index in [0.717, 1.165) is 16.9 Å². The van der Waals surface area contributed by atoms with Gasteiger partial charge in [0.25, 0.3) is 0 Å². The summed E-state index contributed by atoms with van der Waals surface area (Å²) in [6.45, 7) is 0.139. The highest BCUT2D eigenvalue weighted by atomic mass is 32.2. The minimum absolute atomic E-state index is 0.0277. The molecule has 21 heavy (non-hydrogen) atoms. The van der Waals surface area contributed by atoms with E-state index in [9.17, 15) is 4.79 Å². The van der Waals surface area contributed by atoms with E-state index >= 15 is 0 Å². The highest BCUT2D eigenvalue weighted by molar-refractivity contribution is 8.02. The fraction of sp³-hybridized carbons (Fsp3) is 0.167. The van der Waals surface area contributed by atoms with Crippen molar-refractivity contribution in [1.29, 1.82) is 0 Å². The van der Waals surface area contributed by atoms with Crippen molar-refractivity contribution in [1.82, 2.24) is 0 Å². The van der Waals surface area contributed by atoms with Crippen molar-refractivity contribution in [2.75, 3.05) is 12.4 Å². The van der Waals surface area contributed by atoms with Gasteiger partial charge < -0.3 is 4.74 Å². The number of benzene rings is 2. The maximum Gasteiger partial charge on any atom is 0.188 e. The maximum absolute atomic E-state index is 12.1. The highest BCUT2D eigenvalue weighted by Gasteiger charge is 2.13. The Hall–Kier alpha value is -1.84. The molecular weight excluding hydrogens is 280 g/mol. The Labute approximate surface area is 128 Å². The second-order valence-corrected chi connectivity index (χ2v) is 5.82. The highest BCUT2D eigenvalue weighted by Crippen LogP contribution is 2.20. The van der Waals surface area contributed by atoms with Crippen LogP contribution in [0.5, 0.6) is 0 Å². The summed E-state index contributed by atoms with van der Waals surface area (Å²) in [6.07, 6.45) is 2.07. The number of carbonyl (C=O) groups excluding carboxylic acids is 1. The SMILES string of the molecule is O=C(COC1C=CSC1)c1ccc(-c2ccccc2)cc1. The number of ether oxygens (including phenoxy) is 1. The summed E-state index contributed by atoms with van der Waals surface area (Å²) in [5.41, 5.74) is 2.97. The van der Waals surface area contributed by atoms with Crippen molar-refractivity contribution in [3.05, 3.63) is 71.6 Å². The minimum atomic E-state index is 0.0277. The van der Waals surface area contributed by atoms with Gasteiger partial charge >= 0.3 is 0 Å². The Balaban J connectivity index is 1.63. The lowest BCUT2D eigenvalue weighted by atomic mass is 10.0. The van der Waals surface area contributed by atoms with Crippen LogP contribution < -0.4 is 0 Å². The van der Waals surface area contributed by atoms with Crippen molar-refractivity contribution >= 4 is 17.5 Å². The molecule has 0 aliphatic carbocycles. The molecule has 1 atom stereocenters. The van der Waals surface area contributed by atoms with Gasteiger partial charge in [0.15, 0.2) is 5.78 Å². The fourth-order valence-electron chi connectivity index (χ4n) is 2.20. The Morgan fingerprint density at radius 3 is 2.43 bits per heavy atom. The van der Waals surface area contributed by atoms with Crippen molar-refractivity contribution in [2.45, 2.75) is 6.10 Å². The van der Waals surface area contributed by atoms with E-state index in [1.54, 1.807) is 11.8 Å². The molecule has 1 heterocycles. The van der Waals surface area contributed by atoms with Crippen LogP contribution >= 0.6 is 11.8 Å². The topological polar surface area (TPSA) is 26.3 Å². The monoisotopic (exact) mass is 296 g/mol. The Kier molecular flexibility index (Phi) is 4.53. The smallest absolute Gasteiger partial charge is 0.188 e. The van der Waals surface area contributed by atoms with E-state index in [4.69, 9.17) is 4.74 Å². The van der Waals surface area contributed by atoms with Crippen molar-refractivity contribution < 1.29 is 9.53 Å². The molecule has 0 aromatic heterocycles. The van der Waals surface area contributed by atoms with Crippen LogP contribution in [0.1, 0.15) is 10.4 Å². The van der Waals surface area contributed by atoms with Gasteiger partial charge in [0.1, 0.15) is 6.61 Å². The first-order chi connectivity index (χ1) is 10.3. The zero-order valence-corrected chi connectivity index (χ0v) is 12.4. The van der Waals surface area contributed by atoms with E-state index < -0.39 is 0 Å². The average molecular weight is 296 g/mol. The van der Waals surface area contributed by atoms with Crippen LogP contribution in [0.25, 0.3) is 11.1 Å². The van der Waals surface area contributed by atoms with Crippen LogP contribution in [0, 0.1) is 0 Å². The van der Waals surface area contributed by atoms with Gasteiger partial charge in [-0.3, -0.25) is 4.79 Å². The van der Waals surface area contributed by atoms with Crippen LogP contribution in [-0.4, -0.2) is 24.2 Å². The van der Waals surface area contributed by atoms with Crippen molar-refractivity contribution in [2.24, 2.45) is 0 Å². The van der Waals surface area contributed by atoms with Crippen molar-refractivity contribution in [3.63, 3.8) is 0 Å². The summed E-state index contributed by atoms with van der Waals surface area (Å²) in [4.78, 5) is 12.1. The first-order valence-corrected chi connectivity index (χ1v) is 7.96. The number of thioether (sulfide) groups is 1. The summed E-state index contributed by atoms with van der Waals surface area (Å²) in [5, 5.41) is 2.02. The predicted molar refractivity (Wildman–Crippen MR) is 87.5 cm³/mol. The van der Waals surface area contributed by atoms with Gasteiger partial charge in [-0.25, -0.2) is 0 Å². The lowest BCUT2D eigenvalue weighted by Crippen LogP contribution is -2.17. The largest absolute Gasteiger partial charge is 0.365 e. The molecule has 0 spiro atoms. The van der Waals surface area contributed by atoms with E-state index in [0.29, 0.717) is 5.56 Å². The molecule has 0 amide bonds. The molecule has 2 nitrogen and oxygen atoms in total. The molecule has 0 fully saturated rings. The van der Waals surface area contributed by atoms with E-state index in [-0.39, 0.29) is 18.5 Å². The van der Waals surface area contributed by atoms with Crippen LogP contribution in [0.3, 0.4) is 0 Å². The average Bonchev–Trinajstić information content (AvgIpc) is 3.07. The van der Waals surface area contributed by atoms with E-state index in [1.807, 2.05) is 53.9 Å². The van der Waals surface area contributed by atoms with Crippen LogP contribution in [0.4, 0.5) is 0 Å². The second kappa shape index (κ2) is 6.74. The summed E-state index contributed by atoms with van der Waals surface area (Å²) in [7, 11) is 0. The number of hydrogen-bond donors (Lipinski definition) is 0. The summed E-state index contributed by atoms with van der Waals surface area (Å²) in [5.74, 6) is 0.931. The number of ketones is 1. The molecule has 3 rings (SSSR count). The van der Waals surface area contributed by atoms with Crippen LogP contribution in [-0.2, 0) is 4.74 Å². The third kappa shape index (κ3) is 3.63. The molecule has 0 radical (unpaired) electrons. The Bertz CT molecular complexity index is 632. The minimum Gasteiger partial charge on any atom is -0.365 e. The van der Waals surface area contributed by atoms with Gasteiger partial charge in [0.2, 0.25) is 0 Å². The number of carbonyl (C=O) groups is 1. The first kappa shape index (κ1) is 14.1. The zero-order chi connectivity index (χ0) is 14.5. The third-order valence-corrected chi connectivity index (χ3v) is 4.26. The molecule has 0 saturated heterocycles. The molecule has 0 bridgehead atoms. The number of hydrogen-bond acceptors (Lipinski definition) is 3. The molecule has 1 unspecified atom stereocenters. The van der Waals surface area contributed by atoms with Crippen LogP contribution in [0.2, 0.25) is 0 Å². The maximum atomic E-state index is 12.1. The fourth-order valence-corrected chi connectivity index (χ4v) is 2.99. The molecular formula is C18H16O2S.